The van der Waals surface area contributed by atoms with Gasteiger partial charge in [0.25, 0.3) is 5.91 Å². The van der Waals surface area contributed by atoms with Crippen molar-refractivity contribution in [1.29, 1.82) is 0 Å². The molecule has 9 heteroatoms. The van der Waals surface area contributed by atoms with Crippen LogP contribution in [0.5, 0.6) is 11.5 Å². The number of ether oxygens (including phenoxy) is 1. The van der Waals surface area contributed by atoms with Crippen molar-refractivity contribution in [3.05, 3.63) is 64.2 Å². The van der Waals surface area contributed by atoms with Crippen LogP contribution in [0.1, 0.15) is 37.3 Å². The SMILES string of the molecule is CCc1ccccc1Oc1ccc(N2C(=O)NC3=C(C(=O)N[C@@H]4CCCN(C)C4)SC4NCCC2C34)c(C)c1. The summed E-state index contributed by atoms with van der Waals surface area (Å²) >= 11 is 1.56. The molecule has 3 unspecified atom stereocenters. The fourth-order valence-corrected chi connectivity index (χ4v) is 7.82. The molecule has 2 aromatic rings. The number of thioether (sulfide) groups is 1. The number of carbonyl (C=O) groups is 2. The number of likely N-dealkylation sites (N-methyl/N-ethyl adjacent to an activating group) is 1. The Bertz CT molecular complexity index is 1310. The van der Waals surface area contributed by atoms with Crippen molar-refractivity contribution in [3.8, 4) is 11.5 Å². The van der Waals surface area contributed by atoms with E-state index in [0.29, 0.717) is 4.91 Å². The molecule has 4 aliphatic rings. The molecule has 0 aliphatic carbocycles. The first-order chi connectivity index (χ1) is 18.9. The summed E-state index contributed by atoms with van der Waals surface area (Å²) in [6.07, 6.45) is 3.78. The third-order valence-corrected chi connectivity index (χ3v) is 9.67. The van der Waals surface area contributed by atoms with E-state index in [9.17, 15) is 9.59 Å². The summed E-state index contributed by atoms with van der Waals surface area (Å²) in [7, 11) is 2.09. The van der Waals surface area contributed by atoms with Gasteiger partial charge in [0.1, 0.15) is 11.5 Å². The molecule has 3 fully saturated rings. The van der Waals surface area contributed by atoms with Gasteiger partial charge >= 0.3 is 6.03 Å². The van der Waals surface area contributed by atoms with E-state index in [-0.39, 0.29) is 35.3 Å². The van der Waals surface area contributed by atoms with Crippen LogP contribution in [-0.4, -0.2) is 61.0 Å². The van der Waals surface area contributed by atoms with Gasteiger partial charge in [-0.2, -0.15) is 0 Å². The highest BCUT2D eigenvalue weighted by molar-refractivity contribution is 8.04. The Morgan fingerprint density at radius 1 is 1.21 bits per heavy atom. The second kappa shape index (κ2) is 10.9. The minimum Gasteiger partial charge on any atom is -0.457 e. The summed E-state index contributed by atoms with van der Waals surface area (Å²) in [4.78, 5) is 31.8. The Morgan fingerprint density at radius 3 is 2.85 bits per heavy atom. The average Bonchev–Trinajstić information content (AvgIpc) is 3.29. The fraction of sp³-hybridized carbons (Fsp3) is 0.467. The maximum atomic E-state index is 13.6. The van der Waals surface area contributed by atoms with Crippen LogP contribution < -0.4 is 25.6 Å². The van der Waals surface area contributed by atoms with Crippen LogP contribution in [0.4, 0.5) is 10.5 Å². The van der Waals surface area contributed by atoms with Crippen LogP contribution in [0.25, 0.3) is 0 Å². The highest BCUT2D eigenvalue weighted by Crippen LogP contribution is 2.48. The summed E-state index contributed by atoms with van der Waals surface area (Å²) < 4.78 is 6.22. The van der Waals surface area contributed by atoms with Gasteiger partial charge in [0.2, 0.25) is 0 Å². The lowest BCUT2D eigenvalue weighted by Crippen LogP contribution is -2.62. The van der Waals surface area contributed by atoms with Gasteiger partial charge in [-0.1, -0.05) is 36.9 Å². The van der Waals surface area contributed by atoms with Crippen molar-refractivity contribution in [2.24, 2.45) is 5.92 Å². The summed E-state index contributed by atoms with van der Waals surface area (Å²) in [5.41, 5.74) is 3.79. The zero-order valence-electron chi connectivity index (χ0n) is 22.8. The molecule has 39 heavy (non-hydrogen) atoms. The Hall–Kier alpha value is -3.01. The molecule has 0 aromatic heterocycles. The molecule has 4 atom stereocenters. The van der Waals surface area contributed by atoms with Gasteiger partial charge in [-0.05, 0) is 88.1 Å². The van der Waals surface area contributed by atoms with Crippen LogP contribution in [-0.2, 0) is 11.2 Å². The number of urea groups is 1. The molecule has 3 amide bonds. The topological polar surface area (TPSA) is 85.9 Å². The normalized spacial score (nSPS) is 26.7. The molecule has 4 heterocycles. The molecule has 0 radical (unpaired) electrons. The van der Waals surface area contributed by atoms with Crippen molar-refractivity contribution in [2.75, 3.05) is 31.6 Å². The van der Waals surface area contributed by atoms with Crippen LogP contribution in [0.2, 0.25) is 0 Å². The minimum atomic E-state index is -0.176. The monoisotopic (exact) mass is 547 g/mol. The van der Waals surface area contributed by atoms with E-state index in [1.807, 2.05) is 48.2 Å². The maximum absolute atomic E-state index is 13.6. The number of nitrogens with one attached hydrogen (secondary N) is 3. The number of amides is 3. The van der Waals surface area contributed by atoms with Gasteiger partial charge in [-0.3, -0.25) is 9.69 Å². The number of likely N-dealkylation sites (tertiary alicyclic amines) is 1. The average molecular weight is 548 g/mol. The smallest absolute Gasteiger partial charge is 0.326 e. The number of hydrogen-bond donors (Lipinski definition) is 3. The number of para-hydroxylation sites is 1. The van der Waals surface area contributed by atoms with E-state index in [0.717, 1.165) is 79.3 Å². The van der Waals surface area contributed by atoms with Crippen LogP contribution in [0.15, 0.2) is 53.1 Å². The van der Waals surface area contributed by atoms with E-state index in [1.54, 1.807) is 11.8 Å². The van der Waals surface area contributed by atoms with Crippen molar-refractivity contribution in [2.45, 2.75) is 57.0 Å². The Labute approximate surface area is 234 Å². The first-order valence-corrected chi connectivity index (χ1v) is 14.9. The molecule has 3 N–H and O–H groups in total. The van der Waals surface area contributed by atoms with Gasteiger partial charge < -0.3 is 25.6 Å². The van der Waals surface area contributed by atoms with Gasteiger partial charge in [-0.15, -0.1) is 0 Å². The molecule has 0 saturated carbocycles. The zero-order valence-corrected chi connectivity index (χ0v) is 23.6. The molecular weight excluding hydrogens is 510 g/mol. The Balaban J connectivity index is 1.24. The van der Waals surface area contributed by atoms with Crippen molar-refractivity contribution in [1.82, 2.24) is 20.9 Å². The molecule has 6 rings (SSSR count). The van der Waals surface area contributed by atoms with E-state index in [2.05, 4.69) is 40.9 Å². The molecule has 4 aliphatic heterocycles. The molecule has 3 saturated heterocycles. The fourth-order valence-electron chi connectivity index (χ4n) is 6.42. The summed E-state index contributed by atoms with van der Waals surface area (Å²) in [5.74, 6) is 1.57. The van der Waals surface area contributed by atoms with E-state index in [4.69, 9.17) is 4.74 Å². The van der Waals surface area contributed by atoms with Crippen LogP contribution in [0, 0.1) is 12.8 Å². The molecule has 2 aromatic carbocycles. The van der Waals surface area contributed by atoms with Crippen molar-refractivity contribution in [3.63, 3.8) is 0 Å². The Kier molecular flexibility index (Phi) is 7.31. The highest BCUT2D eigenvalue weighted by Gasteiger charge is 2.52. The number of carbonyl (C=O) groups excluding carboxylic acids is 2. The van der Waals surface area contributed by atoms with Gasteiger partial charge in [0.15, 0.2) is 0 Å². The maximum Gasteiger partial charge on any atom is 0.326 e. The second-order valence-corrected chi connectivity index (χ2v) is 12.2. The quantitative estimate of drug-likeness (QED) is 0.499. The lowest BCUT2D eigenvalue weighted by atomic mass is 9.86. The van der Waals surface area contributed by atoms with E-state index >= 15 is 0 Å². The summed E-state index contributed by atoms with van der Waals surface area (Å²) in [5, 5.41) is 10.0. The number of hydrogen-bond acceptors (Lipinski definition) is 6. The standard InChI is InChI=1S/C30H37N5O3S/c1-4-19-8-5-6-10-24(19)38-21-11-12-22(18(2)16-21)35-23-13-14-31-29-25(23)26(33-30(35)37)27(39-29)28(36)32-20-9-7-15-34(3)17-20/h5-6,8,10-12,16,20,23,25,29,31H,4,7,9,13-15,17H2,1-3H3,(H,32,36)(H,33,37)/t20-,23?,25?,29?/m1/s1. The van der Waals surface area contributed by atoms with Gasteiger partial charge in [0.05, 0.1) is 16.3 Å². The number of nitrogens with zero attached hydrogens (tertiary/aromatic N) is 2. The minimum absolute atomic E-state index is 0.0232. The van der Waals surface area contributed by atoms with E-state index in [1.165, 1.54) is 0 Å². The second-order valence-electron chi connectivity index (χ2n) is 11.0. The van der Waals surface area contributed by atoms with Gasteiger partial charge in [0, 0.05) is 29.9 Å². The van der Waals surface area contributed by atoms with Gasteiger partial charge in [-0.25, -0.2) is 4.79 Å². The Morgan fingerprint density at radius 2 is 2.05 bits per heavy atom. The molecule has 0 spiro atoms. The first-order valence-electron chi connectivity index (χ1n) is 14.0. The predicted octanol–water partition coefficient (Wildman–Crippen LogP) is 4.35. The van der Waals surface area contributed by atoms with Crippen molar-refractivity contribution < 1.29 is 14.3 Å². The summed E-state index contributed by atoms with van der Waals surface area (Å²) in [6.45, 7) is 6.86. The third-order valence-electron chi connectivity index (χ3n) is 8.32. The molecule has 8 nitrogen and oxygen atoms in total. The highest BCUT2D eigenvalue weighted by atomic mass is 32.2. The first kappa shape index (κ1) is 26.2. The van der Waals surface area contributed by atoms with Crippen LogP contribution >= 0.6 is 11.8 Å². The number of benzene rings is 2. The van der Waals surface area contributed by atoms with Crippen LogP contribution in [0.3, 0.4) is 0 Å². The lowest BCUT2D eigenvalue weighted by Gasteiger charge is -2.46. The number of rotatable bonds is 6. The third kappa shape index (κ3) is 5.03. The molecule has 0 bridgehead atoms. The number of aryl methyl sites for hydroxylation is 2. The number of anilines is 1. The summed E-state index contributed by atoms with van der Waals surface area (Å²) in [6, 6.07) is 13.9. The predicted molar refractivity (Wildman–Crippen MR) is 155 cm³/mol. The number of piperidine rings is 2. The molecular formula is C30H37N5O3S. The largest absolute Gasteiger partial charge is 0.457 e. The zero-order chi connectivity index (χ0) is 27.1. The lowest BCUT2D eigenvalue weighted by molar-refractivity contribution is -0.117. The molecule has 206 valence electrons. The van der Waals surface area contributed by atoms with E-state index < -0.39 is 0 Å². The van der Waals surface area contributed by atoms with Crippen molar-refractivity contribution >= 4 is 29.4 Å².